The van der Waals surface area contributed by atoms with Gasteiger partial charge in [-0.2, -0.15) is 0 Å². The van der Waals surface area contributed by atoms with E-state index in [1.54, 1.807) is 0 Å². The third-order valence-electron chi connectivity index (χ3n) is 3.23. The molecule has 1 aromatic rings. The third-order valence-corrected chi connectivity index (χ3v) is 5.31. The second kappa shape index (κ2) is 4.18. The van der Waals surface area contributed by atoms with E-state index in [4.69, 9.17) is 0 Å². The van der Waals surface area contributed by atoms with Crippen LogP contribution in [0.3, 0.4) is 0 Å². The molecule has 88 valence electrons. The average Bonchev–Trinajstić information content (AvgIpc) is 2.22. The number of nitrogens with one attached hydrogen (secondary N) is 1. The van der Waals surface area contributed by atoms with E-state index in [9.17, 15) is 8.42 Å². The summed E-state index contributed by atoms with van der Waals surface area (Å²) in [6.07, 6.45) is 0. The van der Waals surface area contributed by atoms with Gasteiger partial charge in [0.25, 0.3) is 0 Å². The van der Waals surface area contributed by atoms with Crippen LogP contribution in [0, 0.1) is 13.8 Å². The van der Waals surface area contributed by atoms with Gasteiger partial charge in [0.1, 0.15) is 0 Å². The molecule has 1 aliphatic heterocycles. The Labute approximate surface area is 96.8 Å². The van der Waals surface area contributed by atoms with Crippen LogP contribution in [-0.4, -0.2) is 27.3 Å². The Hall–Kier alpha value is -0.870. The van der Waals surface area contributed by atoms with Gasteiger partial charge in [0, 0.05) is 13.1 Å². The standard InChI is InChI=1S/C12H17NO2S/c1-9-3-4-11(7-10(9)2)12-8-13-5-6-16(12,14)15/h3-4,7,12-13H,5-6,8H2,1-2H3. The van der Waals surface area contributed by atoms with Crippen LogP contribution in [-0.2, 0) is 9.84 Å². The molecule has 16 heavy (non-hydrogen) atoms. The smallest absolute Gasteiger partial charge is 0.159 e. The maximum absolute atomic E-state index is 11.9. The highest BCUT2D eigenvalue weighted by molar-refractivity contribution is 7.91. The van der Waals surface area contributed by atoms with Crippen molar-refractivity contribution < 1.29 is 8.42 Å². The Kier molecular flexibility index (Phi) is 3.04. The lowest BCUT2D eigenvalue weighted by Gasteiger charge is -2.24. The van der Waals surface area contributed by atoms with Gasteiger partial charge in [0.15, 0.2) is 9.84 Å². The Morgan fingerprint density at radius 3 is 2.62 bits per heavy atom. The maximum atomic E-state index is 11.9. The van der Waals surface area contributed by atoms with Crippen molar-refractivity contribution in [2.24, 2.45) is 0 Å². The number of hydrogen-bond donors (Lipinski definition) is 1. The lowest BCUT2D eigenvalue weighted by Crippen LogP contribution is -2.38. The summed E-state index contributed by atoms with van der Waals surface area (Å²) in [7, 11) is -2.97. The predicted molar refractivity (Wildman–Crippen MR) is 65.3 cm³/mol. The van der Waals surface area contributed by atoms with E-state index in [1.165, 1.54) is 5.56 Å². The van der Waals surface area contributed by atoms with Gasteiger partial charge in [0.2, 0.25) is 0 Å². The SMILES string of the molecule is Cc1ccc(C2CNCCS2(=O)=O)cc1C. The van der Waals surface area contributed by atoms with Crippen LogP contribution in [0.25, 0.3) is 0 Å². The highest BCUT2D eigenvalue weighted by Crippen LogP contribution is 2.26. The van der Waals surface area contributed by atoms with Crippen LogP contribution < -0.4 is 5.32 Å². The summed E-state index contributed by atoms with van der Waals surface area (Å²) in [5.74, 6) is 0.241. The summed E-state index contributed by atoms with van der Waals surface area (Å²) in [6, 6.07) is 5.91. The van der Waals surface area contributed by atoms with E-state index < -0.39 is 9.84 Å². The van der Waals surface area contributed by atoms with E-state index in [-0.39, 0.29) is 11.0 Å². The number of hydrogen-bond acceptors (Lipinski definition) is 3. The minimum atomic E-state index is -2.97. The highest BCUT2D eigenvalue weighted by atomic mass is 32.2. The summed E-state index contributed by atoms with van der Waals surface area (Å²) < 4.78 is 23.9. The van der Waals surface area contributed by atoms with Gasteiger partial charge >= 0.3 is 0 Å². The third kappa shape index (κ3) is 2.13. The molecule has 0 spiro atoms. The molecule has 1 aliphatic rings. The van der Waals surface area contributed by atoms with Crippen LogP contribution in [0.2, 0.25) is 0 Å². The number of aryl methyl sites for hydroxylation is 2. The minimum absolute atomic E-state index is 0.241. The zero-order valence-electron chi connectivity index (χ0n) is 9.66. The molecule has 0 amide bonds. The van der Waals surface area contributed by atoms with Crippen molar-refractivity contribution in [3.05, 3.63) is 34.9 Å². The van der Waals surface area contributed by atoms with E-state index in [2.05, 4.69) is 5.32 Å². The second-order valence-electron chi connectivity index (χ2n) is 4.40. The number of sulfone groups is 1. The fraction of sp³-hybridized carbons (Fsp3) is 0.500. The first kappa shape index (κ1) is 11.6. The molecular weight excluding hydrogens is 222 g/mol. The highest BCUT2D eigenvalue weighted by Gasteiger charge is 2.30. The van der Waals surface area contributed by atoms with Crippen molar-refractivity contribution in [1.29, 1.82) is 0 Å². The molecule has 1 atom stereocenters. The first-order chi connectivity index (χ1) is 7.50. The van der Waals surface area contributed by atoms with Crippen molar-refractivity contribution in [3.8, 4) is 0 Å². The Bertz CT molecular complexity index is 494. The summed E-state index contributed by atoms with van der Waals surface area (Å²) in [5, 5.41) is 2.77. The lowest BCUT2D eigenvalue weighted by molar-refractivity contribution is 0.551. The average molecular weight is 239 g/mol. The second-order valence-corrected chi connectivity index (χ2v) is 6.71. The van der Waals surface area contributed by atoms with Crippen molar-refractivity contribution >= 4 is 9.84 Å². The van der Waals surface area contributed by atoms with Crippen LogP contribution in [0.15, 0.2) is 18.2 Å². The molecule has 1 N–H and O–H groups in total. The van der Waals surface area contributed by atoms with E-state index in [0.717, 1.165) is 11.1 Å². The fourth-order valence-electron chi connectivity index (χ4n) is 2.01. The molecule has 0 saturated carbocycles. The van der Waals surface area contributed by atoms with Gasteiger partial charge in [-0.25, -0.2) is 8.42 Å². The molecule has 4 heteroatoms. The maximum Gasteiger partial charge on any atom is 0.159 e. The van der Waals surface area contributed by atoms with Crippen molar-refractivity contribution in [3.63, 3.8) is 0 Å². The molecule has 1 heterocycles. The number of benzene rings is 1. The molecule has 0 aliphatic carbocycles. The Balaban J connectivity index is 2.39. The summed E-state index contributed by atoms with van der Waals surface area (Å²) in [4.78, 5) is 0. The first-order valence-corrected chi connectivity index (χ1v) is 7.22. The summed E-state index contributed by atoms with van der Waals surface area (Å²) >= 11 is 0. The topological polar surface area (TPSA) is 46.2 Å². The largest absolute Gasteiger partial charge is 0.314 e. The Morgan fingerprint density at radius 1 is 1.25 bits per heavy atom. The van der Waals surface area contributed by atoms with Crippen molar-refractivity contribution in [2.75, 3.05) is 18.8 Å². The van der Waals surface area contributed by atoms with Crippen LogP contribution >= 0.6 is 0 Å². The van der Waals surface area contributed by atoms with Crippen molar-refractivity contribution in [1.82, 2.24) is 5.32 Å². The van der Waals surface area contributed by atoms with Gasteiger partial charge in [0.05, 0.1) is 11.0 Å². The van der Waals surface area contributed by atoms with E-state index in [1.807, 2.05) is 32.0 Å². The molecule has 3 nitrogen and oxygen atoms in total. The van der Waals surface area contributed by atoms with Crippen molar-refractivity contribution in [2.45, 2.75) is 19.1 Å². The van der Waals surface area contributed by atoms with Gasteiger partial charge < -0.3 is 5.32 Å². The summed E-state index contributed by atoms with van der Waals surface area (Å²) in [6.45, 7) is 5.16. The monoisotopic (exact) mass is 239 g/mol. The number of rotatable bonds is 1. The molecule has 1 saturated heterocycles. The van der Waals surface area contributed by atoms with Gasteiger partial charge in [-0.3, -0.25) is 0 Å². The molecule has 1 fully saturated rings. The normalized spacial score (nSPS) is 24.2. The van der Waals surface area contributed by atoms with Gasteiger partial charge in [-0.1, -0.05) is 18.2 Å². The molecule has 0 radical (unpaired) electrons. The zero-order chi connectivity index (χ0) is 11.8. The van der Waals surface area contributed by atoms with Crippen LogP contribution in [0.1, 0.15) is 21.9 Å². The molecule has 1 unspecified atom stereocenters. The fourth-order valence-corrected chi connectivity index (χ4v) is 3.65. The van der Waals surface area contributed by atoms with Gasteiger partial charge in [-0.05, 0) is 30.5 Å². The van der Waals surface area contributed by atoms with E-state index in [0.29, 0.717) is 13.1 Å². The van der Waals surface area contributed by atoms with Crippen LogP contribution in [0.4, 0.5) is 0 Å². The zero-order valence-corrected chi connectivity index (χ0v) is 10.5. The quantitative estimate of drug-likeness (QED) is 0.805. The lowest BCUT2D eigenvalue weighted by atomic mass is 10.0. The van der Waals surface area contributed by atoms with Gasteiger partial charge in [-0.15, -0.1) is 0 Å². The predicted octanol–water partition coefficient (Wildman–Crippen LogP) is 1.36. The summed E-state index contributed by atoms with van der Waals surface area (Å²) in [5.41, 5.74) is 3.26. The molecule has 1 aromatic carbocycles. The molecule has 2 rings (SSSR count). The first-order valence-electron chi connectivity index (χ1n) is 5.50. The molecular formula is C12H17NO2S. The molecule has 0 bridgehead atoms. The molecule has 0 aromatic heterocycles. The van der Waals surface area contributed by atoms with Crippen LogP contribution in [0.5, 0.6) is 0 Å². The van der Waals surface area contributed by atoms with E-state index >= 15 is 0 Å². The minimum Gasteiger partial charge on any atom is -0.314 e. The Morgan fingerprint density at radius 2 is 2.00 bits per heavy atom.